The van der Waals surface area contributed by atoms with Crippen molar-refractivity contribution < 1.29 is 24.2 Å². The van der Waals surface area contributed by atoms with Gasteiger partial charge in [-0.2, -0.15) is 0 Å². The molecule has 0 bridgehead atoms. The predicted octanol–water partition coefficient (Wildman–Crippen LogP) is 3.22. The Morgan fingerprint density at radius 2 is 1.85 bits per heavy atom. The SMILES string of the molecule is CC(C)(C)OC(=O)N[C@@H](CCCCNC(=O)c1ccccc1Cl)C(=O)O. The highest BCUT2D eigenvalue weighted by Crippen LogP contribution is 2.14. The number of carboxylic acids is 1. The molecule has 0 aromatic heterocycles. The van der Waals surface area contributed by atoms with Gasteiger partial charge in [0, 0.05) is 6.54 Å². The van der Waals surface area contributed by atoms with Crippen LogP contribution in [0.5, 0.6) is 0 Å². The van der Waals surface area contributed by atoms with Crippen LogP contribution in [0.2, 0.25) is 5.02 Å². The number of hydrogen-bond acceptors (Lipinski definition) is 4. The van der Waals surface area contributed by atoms with Crippen molar-refractivity contribution in [1.82, 2.24) is 10.6 Å². The van der Waals surface area contributed by atoms with Crippen molar-refractivity contribution in [3.63, 3.8) is 0 Å². The van der Waals surface area contributed by atoms with Crippen molar-refractivity contribution in [2.24, 2.45) is 0 Å². The summed E-state index contributed by atoms with van der Waals surface area (Å²) in [5, 5.41) is 14.6. The minimum Gasteiger partial charge on any atom is -0.480 e. The number of alkyl carbamates (subject to hydrolysis) is 1. The summed E-state index contributed by atoms with van der Waals surface area (Å²) in [7, 11) is 0. The summed E-state index contributed by atoms with van der Waals surface area (Å²) in [6, 6.07) is 5.69. The maximum atomic E-state index is 12.0. The van der Waals surface area contributed by atoms with Gasteiger partial charge in [-0.3, -0.25) is 4.79 Å². The van der Waals surface area contributed by atoms with Gasteiger partial charge in [0.25, 0.3) is 5.91 Å². The van der Waals surface area contributed by atoms with Gasteiger partial charge in [-0.1, -0.05) is 23.7 Å². The third-order valence-electron chi connectivity index (χ3n) is 3.31. The van der Waals surface area contributed by atoms with Crippen LogP contribution in [0.3, 0.4) is 0 Å². The lowest BCUT2D eigenvalue weighted by atomic mass is 10.1. The number of carboxylic acid groups (broad SMARTS) is 1. The summed E-state index contributed by atoms with van der Waals surface area (Å²) in [6.45, 7) is 5.47. The fourth-order valence-corrected chi connectivity index (χ4v) is 2.34. The second-order valence-electron chi connectivity index (χ2n) is 6.77. The van der Waals surface area contributed by atoms with E-state index in [-0.39, 0.29) is 12.3 Å². The molecule has 0 aliphatic heterocycles. The Balaban J connectivity index is 2.35. The zero-order valence-electron chi connectivity index (χ0n) is 15.2. The van der Waals surface area contributed by atoms with Crippen LogP contribution >= 0.6 is 11.6 Å². The molecular weight excluding hydrogens is 360 g/mol. The molecule has 0 heterocycles. The molecule has 1 atom stereocenters. The monoisotopic (exact) mass is 384 g/mol. The van der Waals surface area contributed by atoms with Gasteiger partial charge < -0.3 is 20.5 Å². The van der Waals surface area contributed by atoms with Crippen LogP contribution in [0.1, 0.15) is 50.4 Å². The smallest absolute Gasteiger partial charge is 0.408 e. The molecule has 2 amide bonds. The first kappa shape index (κ1) is 21.8. The molecule has 0 radical (unpaired) electrons. The molecule has 7 nitrogen and oxygen atoms in total. The fourth-order valence-electron chi connectivity index (χ4n) is 2.12. The van der Waals surface area contributed by atoms with Gasteiger partial charge in [-0.15, -0.1) is 0 Å². The van der Waals surface area contributed by atoms with Crippen molar-refractivity contribution in [3.8, 4) is 0 Å². The molecule has 0 saturated heterocycles. The number of nitrogens with one attached hydrogen (secondary N) is 2. The minimum atomic E-state index is -1.13. The average Bonchev–Trinajstić information content (AvgIpc) is 2.51. The molecule has 1 rings (SSSR count). The van der Waals surface area contributed by atoms with Gasteiger partial charge in [0.2, 0.25) is 0 Å². The quantitative estimate of drug-likeness (QED) is 0.597. The van der Waals surface area contributed by atoms with Gasteiger partial charge in [-0.25, -0.2) is 9.59 Å². The first-order valence-electron chi connectivity index (χ1n) is 8.35. The van der Waals surface area contributed by atoms with Crippen LogP contribution in [0, 0.1) is 0 Å². The third kappa shape index (κ3) is 8.20. The second kappa shape index (κ2) is 10.0. The number of rotatable bonds is 8. The van der Waals surface area contributed by atoms with Crippen molar-refractivity contribution in [1.29, 1.82) is 0 Å². The Morgan fingerprint density at radius 1 is 1.19 bits per heavy atom. The Morgan fingerprint density at radius 3 is 2.42 bits per heavy atom. The largest absolute Gasteiger partial charge is 0.480 e. The number of benzene rings is 1. The van der Waals surface area contributed by atoms with Crippen LogP contribution in [0.25, 0.3) is 0 Å². The molecule has 3 N–H and O–H groups in total. The van der Waals surface area contributed by atoms with Crippen molar-refractivity contribution in [3.05, 3.63) is 34.9 Å². The number of unbranched alkanes of at least 4 members (excludes halogenated alkanes) is 1. The third-order valence-corrected chi connectivity index (χ3v) is 3.64. The van der Waals surface area contributed by atoms with Gasteiger partial charge in [0.1, 0.15) is 11.6 Å². The van der Waals surface area contributed by atoms with E-state index in [1.165, 1.54) is 0 Å². The molecule has 26 heavy (non-hydrogen) atoms. The van der Waals surface area contributed by atoms with Crippen molar-refractivity contribution in [2.75, 3.05) is 6.54 Å². The topological polar surface area (TPSA) is 105 Å². The highest BCUT2D eigenvalue weighted by atomic mass is 35.5. The van der Waals surface area contributed by atoms with Crippen molar-refractivity contribution >= 4 is 29.6 Å². The Labute approximate surface area is 158 Å². The fraction of sp³-hybridized carbons (Fsp3) is 0.500. The molecule has 1 aromatic carbocycles. The summed E-state index contributed by atoms with van der Waals surface area (Å²) < 4.78 is 5.05. The molecule has 0 fully saturated rings. The standard InChI is InChI=1S/C18H25ClN2O5/c1-18(2,3)26-17(25)21-14(16(23)24)10-6-7-11-20-15(22)12-8-4-5-9-13(12)19/h4-5,8-9,14H,6-7,10-11H2,1-3H3,(H,20,22)(H,21,25)(H,23,24)/t14-/m0/s1. The number of carbonyl (C=O) groups is 3. The number of hydrogen-bond donors (Lipinski definition) is 3. The first-order chi connectivity index (χ1) is 12.1. The lowest BCUT2D eigenvalue weighted by molar-refractivity contribution is -0.139. The molecule has 0 unspecified atom stereocenters. The average molecular weight is 385 g/mol. The lowest BCUT2D eigenvalue weighted by Crippen LogP contribution is -2.43. The molecule has 1 aromatic rings. The Kier molecular flexibility index (Phi) is 8.38. The van der Waals surface area contributed by atoms with E-state index in [2.05, 4.69) is 10.6 Å². The molecule has 0 spiro atoms. The molecule has 0 saturated carbocycles. The van der Waals surface area contributed by atoms with E-state index in [0.717, 1.165) is 0 Å². The van der Waals surface area contributed by atoms with Gasteiger partial charge in [-0.05, 0) is 52.2 Å². The van der Waals surface area contributed by atoms with E-state index in [1.807, 2.05) is 0 Å². The summed E-state index contributed by atoms with van der Waals surface area (Å²) in [6.07, 6.45) is 0.541. The second-order valence-corrected chi connectivity index (χ2v) is 7.18. The summed E-state index contributed by atoms with van der Waals surface area (Å²) in [4.78, 5) is 34.9. The van der Waals surface area contributed by atoms with Gasteiger partial charge in [0.05, 0.1) is 10.6 Å². The van der Waals surface area contributed by atoms with Crippen LogP contribution in [-0.4, -0.2) is 41.3 Å². The highest BCUT2D eigenvalue weighted by molar-refractivity contribution is 6.33. The number of ether oxygens (including phenoxy) is 1. The normalized spacial score (nSPS) is 12.2. The number of aliphatic carboxylic acids is 1. The summed E-state index contributed by atoms with van der Waals surface area (Å²) in [5.74, 6) is -1.41. The zero-order valence-corrected chi connectivity index (χ0v) is 15.9. The Bertz CT molecular complexity index is 643. The minimum absolute atomic E-state index is 0.233. The van der Waals surface area contributed by atoms with Crippen LogP contribution < -0.4 is 10.6 Å². The first-order valence-corrected chi connectivity index (χ1v) is 8.73. The Hall–Kier alpha value is -2.28. The van der Waals surface area contributed by atoms with Crippen LogP contribution in [0.15, 0.2) is 24.3 Å². The number of halogens is 1. The maximum absolute atomic E-state index is 12.0. The molecule has 8 heteroatoms. The zero-order chi connectivity index (χ0) is 19.7. The summed E-state index contributed by atoms with van der Waals surface area (Å²) in [5.41, 5.74) is -0.306. The maximum Gasteiger partial charge on any atom is 0.408 e. The van der Waals surface area contributed by atoms with Gasteiger partial charge >= 0.3 is 12.1 Å². The molecule has 144 valence electrons. The predicted molar refractivity (Wildman–Crippen MR) is 98.4 cm³/mol. The van der Waals surface area contributed by atoms with E-state index < -0.39 is 23.7 Å². The van der Waals surface area contributed by atoms with Crippen molar-refractivity contribution in [2.45, 2.75) is 51.7 Å². The van der Waals surface area contributed by atoms with E-state index in [1.54, 1.807) is 45.0 Å². The lowest BCUT2D eigenvalue weighted by Gasteiger charge is -2.22. The summed E-state index contributed by atoms with van der Waals surface area (Å²) >= 11 is 5.95. The van der Waals surface area contributed by atoms with Crippen LogP contribution in [0.4, 0.5) is 4.79 Å². The number of amides is 2. The molecular formula is C18H25ClN2O5. The highest BCUT2D eigenvalue weighted by Gasteiger charge is 2.23. The van der Waals surface area contributed by atoms with E-state index >= 15 is 0 Å². The van der Waals surface area contributed by atoms with Crippen LogP contribution in [-0.2, 0) is 9.53 Å². The van der Waals surface area contributed by atoms with Gasteiger partial charge in [0.15, 0.2) is 0 Å². The molecule has 0 aliphatic carbocycles. The number of carbonyl (C=O) groups excluding carboxylic acids is 2. The van der Waals surface area contributed by atoms with E-state index in [0.29, 0.717) is 30.0 Å². The molecule has 0 aliphatic rings. The van der Waals surface area contributed by atoms with E-state index in [9.17, 15) is 19.5 Å². The van der Waals surface area contributed by atoms with E-state index in [4.69, 9.17) is 16.3 Å².